The molecule has 1 aliphatic rings. The third kappa shape index (κ3) is 4.79. The van der Waals surface area contributed by atoms with Gasteiger partial charge in [0, 0.05) is 62.0 Å². The number of fused-ring (bicyclic) bond motifs is 1. The van der Waals surface area contributed by atoms with Gasteiger partial charge in [-0.2, -0.15) is 4.98 Å². The van der Waals surface area contributed by atoms with E-state index in [0.29, 0.717) is 71.7 Å². The number of carbonyl (C=O) groups excluding carboxylic acids is 2. The number of piperazine rings is 1. The van der Waals surface area contributed by atoms with E-state index in [1.165, 1.54) is 0 Å². The number of anilines is 1. The van der Waals surface area contributed by atoms with Crippen molar-refractivity contribution in [3.05, 3.63) is 35.1 Å². The normalized spacial score (nSPS) is 14.1. The van der Waals surface area contributed by atoms with Gasteiger partial charge in [0.05, 0.1) is 29.9 Å². The average molecular weight is 486 g/mol. The highest BCUT2D eigenvalue weighted by Crippen LogP contribution is 2.37. The van der Waals surface area contributed by atoms with Gasteiger partial charge in [-0.05, 0) is 18.1 Å². The number of carbonyl (C=O) groups is 2. The van der Waals surface area contributed by atoms with Crippen molar-refractivity contribution in [2.24, 2.45) is 5.92 Å². The zero-order valence-corrected chi connectivity index (χ0v) is 20.5. The van der Waals surface area contributed by atoms with Crippen molar-refractivity contribution in [3.63, 3.8) is 0 Å². The third-order valence-electron chi connectivity index (χ3n) is 5.77. The van der Waals surface area contributed by atoms with E-state index in [1.807, 2.05) is 24.8 Å². The molecular formula is C24H28ClN5O4. The van der Waals surface area contributed by atoms with E-state index in [9.17, 15) is 9.59 Å². The molecule has 9 nitrogen and oxygen atoms in total. The first-order valence-corrected chi connectivity index (χ1v) is 11.6. The van der Waals surface area contributed by atoms with Crippen LogP contribution in [-0.2, 0) is 9.53 Å². The van der Waals surface area contributed by atoms with Crippen LogP contribution in [0.25, 0.3) is 22.0 Å². The molecule has 10 heteroatoms. The highest BCUT2D eigenvalue weighted by molar-refractivity contribution is 6.34. The van der Waals surface area contributed by atoms with Crippen LogP contribution < -0.4 is 9.64 Å². The standard InChI is InChI=1S/C24H28ClN5O4/c1-14(2)13-34-23(32)19-12-26-21-10-20(25)16(9-17(19)21)18-11-27-24(28-22(18)33-4)30-7-5-29(6-8-30)15(3)31/h9-12,14,26H,5-8,13H2,1-4H3. The number of hydrogen-bond acceptors (Lipinski definition) is 7. The van der Waals surface area contributed by atoms with Crippen molar-refractivity contribution < 1.29 is 19.1 Å². The third-order valence-corrected chi connectivity index (χ3v) is 6.08. The summed E-state index contributed by atoms with van der Waals surface area (Å²) in [7, 11) is 1.54. The zero-order chi connectivity index (χ0) is 24.4. The fourth-order valence-electron chi connectivity index (χ4n) is 3.91. The summed E-state index contributed by atoms with van der Waals surface area (Å²) < 4.78 is 11.0. The van der Waals surface area contributed by atoms with E-state index in [0.717, 1.165) is 5.52 Å². The number of halogens is 1. The molecule has 0 unspecified atom stereocenters. The minimum absolute atomic E-state index is 0.0655. The Kier molecular flexibility index (Phi) is 6.92. The number of ether oxygens (including phenoxy) is 2. The Balaban J connectivity index is 1.65. The maximum Gasteiger partial charge on any atom is 0.340 e. The van der Waals surface area contributed by atoms with Crippen molar-refractivity contribution in [2.75, 3.05) is 44.8 Å². The molecule has 1 saturated heterocycles. The van der Waals surface area contributed by atoms with Crippen molar-refractivity contribution >= 4 is 40.3 Å². The average Bonchev–Trinajstić information content (AvgIpc) is 3.24. The van der Waals surface area contributed by atoms with E-state index >= 15 is 0 Å². The fourth-order valence-corrected chi connectivity index (χ4v) is 4.18. The van der Waals surface area contributed by atoms with Gasteiger partial charge in [-0.25, -0.2) is 9.78 Å². The van der Waals surface area contributed by atoms with Gasteiger partial charge in [-0.3, -0.25) is 4.79 Å². The summed E-state index contributed by atoms with van der Waals surface area (Å²) in [6, 6.07) is 3.59. The van der Waals surface area contributed by atoms with E-state index < -0.39 is 5.97 Å². The smallest absolute Gasteiger partial charge is 0.340 e. The van der Waals surface area contributed by atoms with Gasteiger partial charge in [-0.1, -0.05) is 25.4 Å². The summed E-state index contributed by atoms with van der Waals surface area (Å²) in [5.41, 5.74) is 2.43. The van der Waals surface area contributed by atoms with Gasteiger partial charge in [0.2, 0.25) is 17.7 Å². The van der Waals surface area contributed by atoms with Gasteiger partial charge in [-0.15, -0.1) is 0 Å². The molecule has 3 heterocycles. The van der Waals surface area contributed by atoms with Crippen molar-refractivity contribution in [3.8, 4) is 17.0 Å². The molecule has 4 rings (SSSR count). The number of benzene rings is 1. The number of H-pyrrole nitrogens is 1. The van der Waals surface area contributed by atoms with Gasteiger partial charge in [0.15, 0.2) is 0 Å². The first-order valence-electron chi connectivity index (χ1n) is 11.2. The van der Waals surface area contributed by atoms with Crippen molar-refractivity contribution in [2.45, 2.75) is 20.8 Å². The molecule has 34 heavy (non-hydrogen) atoms. The minimum atomic E-state index is -0.392. The minimum Gasteiger partial charge on any atom is -0.480 e. The molecule has 0 aliphatic carbocycles. The fraction of sp³-hybridized carbons (Fsp3) is 0.417. The second-order valence-electron chi connectivity index (χ2n) is 8.66. The van der Waals surface area contributed by atoms with E-state index in [1.54, 1.807) is 37.4 Å². The Morgan fingerprint density at radius 3 is 2.56 bits per heavy atom. The lowest BCUT2D eigenvalue weighted by atomic mass is 10.0. The molecule has 1 fully saturated rings. The Hall–Kier alpha value is -3.33. The number of esters is 1. The van der Waals surface area contributed by atoms with Crippen LogP contribution >= 0.6 is 11.6 Å². The number of nitrogens with one attached hydrogen (secondary N) is 1. The molecule has 1 N–H and O–H groups in total. The molecule has 180 valence electrons. The van der Waals surface area contributed by atoms with Crippen LogP contribution in [0.4, 0.5) is 5.95 Å². The molecule has 3 aromatic rings. The van der Waals surface area contributed by atoms with Gasteiger partial charge in [0.1, 0.15) is 0 Å². The number of amides is 1. The first-order chi connectivity index (χ1) is 16.3. The number of rotatable bonds is 6. The van der Waals surface area contributed by atoms with Gasteiger partial charge < -0.3 is 24.3 Å². The van der Waals surface area contributed by atoms with E-state index in [2.05, 4.69) is 15.0 Å². The summed E-state index contributed by atoms with van der Waals surface area (Å²) >= 11 is 6.60. The lowest BCUT2D eigenvalue weighted by Gasteiger charge is -2.34. The molecule has 1 aliphatic heterocycles. The maximum absolute atomic E-state index is 12.6. The lowest BCUT2D eigenvalue weighted by Crippen LogP contribution is -2.48. The predicted molar refractivity (Wildman–Crippen MR) is 130 cm³/mol. The monoisotopic (exact) mass is 485 g/mol. The summed E-state index contributed by atoms with van der Waals surface area (Å²) in [5.74, 6) is 0.817. The Morgan fingerprint density at radius 2 is 1.91 bits per heavy atom. The number of nitrogens with zero attached hydrogens (tertiary/aromatic N) is 4. The van der Waals surface area contributed by atoms with Crippen molar-refractivity contribution in [1.82, 2.24) is 19.9 Å². The van der Waals surface area contributed by atoms with Crippen LogP contribution in [0, 0.1) is 5.92 Å². The van der Waals surface area contributed by atoms with Gasteiger partial charge in [0.25, 0.3) is 0 Å². The number of hydrogen-bond donors (Lipinski definition) is 1. The largest absolute Gasteiger partial charge is 0.480 e. The first kappa shape index (κ1) is 23.8. The van der Waals surface area contributed by atoms with Gasteiger partial charge >= 0.3 is 5.97 Å². The summed E-state index contributed by atoms with van der Waals surface area (Å²) in [5, 5.41) is 1.17. The molecule has 0 spiro atoms. The Bertz CT molecular complexity index is 1220. The number of aromatic nitrogens is 3. The van der Waals surface area contributed by atoms with Crippen LogP contribution in [0.5, 0.6) is 5.88 Å². The predicted octanol–water partition coefficient (Wildman–Crippen LogP) is 3.77. The van der Waals surface area contributed by atoms with Crippen LogP contribution in [-0.4, -0.2) is 71.6 Å². The molecular weight excluding hydrogens is 458 g/mol. The summed E-state index contributed by atoms with van der Waals surface area (Å²) in [6.45, 7) is 8.40. The maximum atomic E-state index is 12.6. The van der Waals surface area contributed by atoms with Crippen LogP contribution in [0.3, 0.4) is 0 Å². The quantitative estimate of drug-likeness (QED) is 0.530. The van der Waals surface area contributed by atoms with Crippen LogP contribution in [0.15, 0.2) is 24.5 Å². The second-order valence-corrected chi connectivity index (χ2v) is 9.07. The van der Waals surface area contributed by atoms with E-state index in [4.69, 9.17) is 21.1 Å². The van der Waals surface area contributed by atoms with Crippen LogP contribution in [0.1, 0.15) is 31.1 Å². The zero-order valence-electron chi connectivity index (χ0n) is 19.7. The summed E-state index contributed by atoms with van der Waals surface area (Å²) in [4.78, 5) is 40.3. The SMILES string of the molecule is COc1nc(N2CCN(C(C)=O)CC2)ncc1-c1cc2c(C(=O)OCC(C)C)c[nH]c2cc1Cl. The second kappa shape index (κ2) is 9.89. The lowest BCUT2D eigenvalue weighted by molar-refractivity contribution is -0.129. The molecule has 0 bridgehead atoms. The summed E-state index contributed by atoms with van der Waals surface area (Å²) in [6.07, 6.45) is 3.31. The Morgan fingerprint density at radius 1 is 1.18 bits per heavy atom. The molecule has 0 radical (unpaired) electrons. The molecule has 0 atom stereocenters. The highest BCUT2D eigenvalue weighted by Gasteiger charge is 2.23. The topological polar surface area (TPSA) is 101 Å². The number of methoxy groups -OCH3 is 1. The molecule has 1 aromatic carbocycles. The Labute approximate surface area is 203 Å². The van der Waals surface area contributed by atoms with E-state index in [-0.39, 0.29) is 11.8 Å². The number of aromatic amines is 1. The molecule has 2 aromatic heterocycles. The van der Waals surface area contributed by atoms with Crippen molar-refractivity contribution in [1.29, 1.82) is 0 Å². The molecule has 0 saturated carbocycles. The molecule has 1 amide bonds. The van der Waals surface area contributed by atoms with Crippen LogP contribution in [0.2, 0.25) is 5.02 Å². The highest BCUT2D eigenvalue weighted by atomic mass is 35.5.